The Labute approximate surface area is 160 Å². The number of hydrogen-bond donors (Lipinski definition) is 3. The summed E-state index contributed by atoms with van der Waals surface area (Å²) < 4.78 is 18.1. The second-order valence-electron chi connectivity index (χ2n) is 6.73. The van der Waals surface area contributed by atoms with E-state index >= 15 is 0 Å². The van der Waals surface area contributed by atoms with Crippen LogP contribution in [0.15, 0.2) is 29.3 Å². The second kappa shape index (κ2) is 10.9. The van der Waals surface area contributed by atoms with Crippen molar-refractivity contribution in [2.45, 2.75) is 51.7 Å². The van der Waals surface area contributed by atoms with Gasteiger partial charge in [0.05, 0.1) is 25.2 Å². The van der Waals surface area contributed by atoms with Crippen LogP contribution in [-0.4, -0.2) is 42.8 Å². The van der Waals surface area contributed by atoms with Crippen LogP contribution in [0.4, 0.5) is 4.39 Å². The maximum Gasteiger partial charge on any atom is 0.308 e. The van der Waals surface area contributed by atoms with Gasteiger partial charge in [-0.2, -0.15) is 0 Å². The van der Waals surface area contributed by atoms with E-state index in [-0.39, 0.29) is 30.3 Å². The van der Waals surface area contributed by atoms with Gasteiger partial charge in [0.2, 0.25) is 0 Å². The van der Waals surface area contributed by atoms with Crippen LogP contribution in [0.25, 0.3) is 0 Å². The predicted octanol–water partition coefficient (Wildman–Crippen LogP) is 2.54. The van der Waals surface area contributed by atoms with Gasteiger partial charge >= 0.3 is 5.97 Å². The van der Waals surface area contributed by atoms with Gasteiger partial charge in [0, 0.05) is 12.6 Å². The van der Waals surface area contributed by atoms with E-state index in [2.05, 4.69) is 15.6 Å². The maximum atomic E-state index is 13.0. The number of halogens is 1. The van der Waals surface area contributed by atoms with Crippen LogP contribution in [-0.2, 0) is 9.53 Å². The summed E-state index contributed by atoms with van der Waals surface area (Å²) in [5.41, 5.74) is 0.631. The fourth-order valence-corrected chi connectivity index (χ4v) is 3.22. The number of rotatable bonds is 7. The zero-order valence-electron chi connectivity index (χ0n) is 16.1. The molecule has 27 heavy (non-hydrogen) atoms. The molecule has 6 nitrogen and oxygen atoms in total. The molecule has 1 aromatic carbocycles. The molecule has 3 N–H and O–H groups in total. The van der Waals surface area contributed by atoms with Gasteiger partial charge in [0.1, 0.15) is 5.82 Å². The normalized spacial score (nSPS) is 21.4. The number of aliphatic hydroxyl groups excluding tert-OH is 1. The van der Waals surface area contributed by atoms with Crippen molar-refractivity contribution in [1.29, 1.82) is 0 Å². The molecule has 0 aliphatic heterocycles. The topological polar surface area (TPSA) is 83.0 Å². The minimum absolute atomic E-state index is 0.0113. The summed E-state index contributed by atoms with van der Waals surface area (Å²) in [6.45, 7) is 5.11. The maximum absolute atomic E-state index is 13.0. The molecule has 1 aliphatic rings. The quantitative estimate of drug-likeness (QED) is 0.385. The van der Waals surface area contributed by atoms with E-state index < -0.39 is 6.10 Å². The van der Waals surface area contributed by atoms with E-state index in [0.29, 0.717) is 24.7 Å². The molecule has 1 aromatic rings. The van der Waals surface area contributed by atoms with Crippen LogP contribution in [0.3, 0.4) is 0 Å². The zero-order chi connectivity index (χ0) is 19.6. The molecule has 1 unspecified atom stereocenters. The Morgan fingerprint density at radius 3 is 2.52 bits per heavy atom. The molecular weight excluding hydrogens is 349 g/mol. The third-order valence-corrected chi connectivity index (χ3v) is 4.71. The van der Waals surface area contributed by atoms with Crippen LogP contribution in [0.2, 0.25) is 0 Å². The number of ether oxygens (including phenoxy) is 1. The SMILES string of the molecule is CCNC(=NCC(O)c1ccc(F)cc1)NC1CCC(C(=O)OCC)CC1. The number of aliphatic hydroxyl groups is 1. The smallest absolute Gasteiger partial charge is 0.308 e. The average Bonchev–Trinajstić information content (AvgIpc) is 2.67. The minimum Gasteiger partial charge on any atom is -0.466 e. The highest BCUT2D eigenvalue weighted by Crippen LogP contribution is 2.25. The van der Waals surface area contributed by atoms with Crippen molar-refractivity contribution in [3.63, 3.8) is 0 Å². The number of hydrogen-bond acceptors (Lipinski definition) is 4. The van der Waals surface area contributed by atoms with Crippen LogP contribution >= 0.6 is 0 Å². The first-order valence-electron chi connectivity index (χ1n) is 9.68. The largest absolute Gasteiger partial charge is 0.466 e. The summed E-state index contributed by atoms with van der Waals surface area (Å²) in [6.07, 6.45) is 2.55. The molecule has 2 rings (SSSR count). The third-order valence-electron chi connectivity index (χ3n) is 4.71. The van der Waals surface area contributed by atoms with E-state index in [1.165, 1.54) is 12.1 Å². The van der Waals surface area contributed by atoms with Crippen molar-refractivity contribution in [3.05, 3.63) is 35.6 Å². The third kappa shape index (κ3) is 6.82. The molecule has 1 atom stereocenters. The first-order chi connectivity index (χ1) is 13.0. The molecule has 1 saturated carbocycles. The molecule has 0 aromatic heterocycles. The first kappa shape index (κ1) is 21.2. The molecule has 0 bridgehead atoms. The van der Waals surface area contributed by atoms with Gasteiger partial charge in [-0.1, -0.05) is 12.1 Å². The number of carbonyl (C=O) groups is 1. The number of nitrogens with zero attached hydrogens (tertiary/aromatic N) is 1. The number of esters is 1. The summed E-state index contributed by atoms with van der Waals surface area (Å²) in [6, 6.07) is 6.01. The van der Waals surface area contributed by atoms with Gasteiger partial charge in [-0.15, -0.1) is 0 Å². The second-order valence-corrected chi connectivity index (χ2v) is 6.73. The lowest BCUT2D eigenvalue weighted by Crippen LogP contribution is -2.45. The zero-order valence-corrected chi connectivity index (χ0v) is 16.1. The number of nitrogens with one attached hydrogen (secondary N) is 2. The van der Waals surface area contributed by atoms with Gasteiger partial charge in [0.15, 0.2) is 5.96 Å². The van der Waals surface area contributed by atoms with Crippen LogP contribution in [0.5, 0.6) is 0 Å². The van der Waals surface area contributed by atoms with Crippen molar-refractivity contribution in [1.82, 2.24) is 10.6 Å². The van der Waals surface area contributed by atoms with E-state index in [1.807, 2.05) is 13.8 Å². The number of guanidine groups is 1. The van der Waals surface area contributed by atoms with Crippen LogP contribution in [0.1, 0.15) is 51.2 Å². The van der Waals surface area contributed by atoms with E-state index in [1.54, 1.807) is 12.1 Å². The number of aliphatic imine (C=N–C) groups is 1. The van der Waals surface area contributed by atoms with Crippen molar-refractivity contribution in [2.24, 2.45) is 10.9 Å². The van der Waals surface area contributed by atoms with E-state index in [4.69, 9.17) is 4.74 Å². The molecule has 0 spiro atoms. The van der Waals surface area contributed by atoms with E-state index in [0.717, 1.165) is 25.7 Å². The molecular formula is C20H30FN3O3. The highest BCUT2D eigenvalue weighted by atomic mass is 19.1. The summed E-state index contributed by atoms with van der Waals surface area (Å²) >= 11 is 0. The molecule has 0 heterocycles. The Kier molecular flexibility index (Phi) is 8.51. The standard InChI is InChI=1S/C20H30FN3O3/c1-3-22-20(23-13-18(25)14-5-9-16(21)10-6-14)24-17-11-7-15(8-12-17)19(26)27-4-2/h5-6,9-10,15,17-18,25H,3-4,7-8,11-13H2,1-2H3,(H2,22,23,24). The number of benzene rings is 1. The van der Waals surface area contributed by atoms with Crippen molar-refractivity contribution < 1.29 is 19.0 Å². The van der Waals surface area contributed by atoms with Gasteiger partial charge in [-0.25, -0.2) is 4.39 Å². The number of carbonyl (C=O) groups excluding carboxylic acids is 1. The average molecular weight is 379 g/mol. The summed E-state index contributed by atoms with van der Waals surface area (Å²) in [7, 11) is 0. The molecule has 0 saturated heterocycles. The molecule has 150 valence electrons. The fraction of sp³-hybridized carbons (Fsp3) is 0.600. The van der Waals surface area contributed by atoms with Gasteiger partial charge in [-0.3, -0.25) is 9.79 Å². The Bertz CT molecular complexity index is 613. The first-order valence-corrected chi connectivity index (χ1v) is 9.68. The predicted molar refractivity (Wildman–Crippen MR) is 103 cm³/mol. The summed E-state index contributed by atoms with van der Waals surface area (Å²) in [4.78, 5) is 16.3. The molecule has 1 fully saturated rings. The van der Waals surface area contributed by atoms with Crippen molar-refractivity contribution >= 4 is 11.9 Å². The van der Waals surface area contributed by atoms with Gasteiger partial charge < -0.3 is 20.5 Å². The van der Waals surface area contributed by atoms with Crippen molar-refractivity contribution in [3.8, 4) is 0 Å². The monoisotopic (exact) mass is 379 g/mol. The fourth-order valence-electron chi connectivity index (χ4n) is 3.22. The van der Waals surface area contributed by atoms with Crippen molar-refractivity contribution in [2.75, 3.05) is 19.7 Å². The van der Waals surface area contributed by atoms with Gasteiger partial charge in [0.25, 0.3) is 0 Å². The van der Waals surface area contributed by atoms with Gasteiger partial charge in [-0.05, 0) is 57.2 Å². The molecule has 0 radical (unpaired) electrons. The highest BCUT2D eigenvalue weighted by molar-refractivity contribution is 5.80. The Balaban J connectivity index is 1.86. The Morgan fingerprint density at radius 2 is 1.93 bits per heavy atom. The minimum atomic E-state index is -0.791. The molecule has 7 heteroatoms. The molecule has 1 aliphatic carbocycles. The summed E-state index contributed by atoms with van der Waals surface area (Å²) in [5, 5.41) is 16.8. The lowest BCUT2D eigenvalue weighted by molar-refractivity contribution is -0.149. The lowest BCUT2D eigenvalue weighted by Gasteiger charge is -2.29. The molecule has 0 amide bonds. The summed E-state index contributed by atoms with van der Waals surface area (Å²) in [5.74, 6) is 0.197. The highest BCUT2D eigenvalue weighted by Gasteiger charge is 2.27. The van der Waals surface area contributed by atoms with Crippen LogP contribution < -0.4 is 10.6 Å². The Hall–Kier alpha value is -2.15. The van der Waals surface area contributed by atoms with Crippen LogP contribution in [0, 0.1) is 11.7 Å². The Morgan fingerprint density at radius 1 is 1.26 bits per heavy atom. The van der Waals surface area contributed by atoms with E-state index in [9.17, 15) is 14.3 Å². The lowest BCUT2D eigenvalue weighted by atomic mass is 9.86.